The first kappa shape index (κ1) is 13.6. The molecule has 0 aliphatic rings. The lowest BCUT2D eigenvalue weighted by molar-refractivity contribution is 1.04. The van der Waals surface area contributed by atoms with Crippen molar-refractivity contribution in [2.24, 2.45) is 0 Å². The Kier molecular flexibility index (Phi) is 2.58. The molecule has 0 N–H and O–H groups in total. The molecule has 0 radical (unpaired) electrons. The van der Waals surface area contributed by atoms with E-state index in [1.165, 1.54) is 10.8 Å². The number of hydrogen-bond donors (Lipinski definition) is 0. The van der Waals surface area contributed by atoms with E-state index < -0.39 is 0 Å². The zero-order valence-corrected chi connectivity index (χ0v) is 13.9. The highest BCUT2D eigenvalue weighted by Crippen LogP contribution is 2.25. The van der Waals surface area contributed by atoms with Crippen LogP contribution in [0.3, 0.4) is 0 Å². The number of fused-ring (bicyclic) bond motifs is 6. The Morgan fingerprint density at radius 3 is 2.42 bits per heavy atom. The molecule has 0 amide bonds. The highest BCUT2D eigenvalue weighted by Gasteiger charge is 2.10. The first-order valence-corrected chi connectivity index (χ1v) is 8.61. The molecule has 4 heteroatoms. The molecule has 0 unspecified atom stereocenters. The molecule has 122 valence electrons. The Bertz CT molecular complexity index is 1440. The van der Waals surface area contributed by atoms with Crippen LogP contribution in [-0.2, 0) is 0 Å². The molecule has 0 atom stereocenters. The van der Waals surface area contributed by atoms with Crippen LogP contribution in [0.15, 0.2) is 85.2 Å². The molecule has 4 aromatic heterocycles. The topological polar surface area (TPSA) is 35.1 Å². The molecule has 4 heterocycles. The first-order chi connectivity index (χ1) is 12.9. The Balaban J connectivity index is 1.72. The summed E-state index contributed by atoms with van der Waals surface area (Å²) in [5.74, 6) is 0.906. The fraction of sp³-hybridized carbons (Fsp3) is 0. The molecule has 0 saturated carbocycles. The van der Waals surface area contributed by atoms with Crippen molar-refractivity contribution in [1.29, 1.82) is 0 Å². The lowest BCUT2D eigenvalue weighted by Crippen LogP contribution is -1.99. The number of aromatic nitrogens is 4. The maximum atomic E-state index is 5.00. The van der Waals surface area contributed by atoms with Gasteiger partial charge in [0.2, 0.25) is 0 Å². The van der Waals surface area contributed by atoms with Crippen LogP contribution in [0, 0.1) is 0 Å². The third-order valence-electron chi connectivity index (χ3n) is 4.98. The first-order valence-electron chi connectivity index (χ1n) is 8.61. The molecular formula is C22H14N4. The number of para-hydroxylation sites is 2. The maximum absolute atomic E-state index is 5.00. The van der Waals surface area contributed by atoms with Gasteiger partial charge in [-0.2, -0.15) is 0 Å². The Hall–Kier alpha value is -3.66. The van der Waals surface area contributed by atoms with Gasteiger partial charge < -0.3 is 4.57 Å². The molecule has 0 bridgehead atoms. The summed E-state index contributed by atoms with van der Waals surface area (Å²) in [7, 11) is 0. The van der Waals surface area contributed by atoms with Gasteiger partial charge >= 0.3 is 0 Å². The quantitative estimate of drug-likeness (QED) is 0.425. The number of benzene rings is 2. The van der Waals surface area contributed by atoms with Gasteiger partial charge in [0.25, 0.3) is 0 Å². The number of nitrogens with zero attached hydrogens (tertiary/aromatic N) is 4. The summed E-state index contributed by atoms with van der Waals surface area (Å²) < 4.78 is 4.27. The van der Waals surface area contributed by atoms with E-state index >= 15 is 0 Å². The summed E-state index contributed by atoms with van der Waals surface area (Å²) in [4.78, 5) is 9.61. The van der Waals surface area contributed by atoms with Crippen molar-refractivity contribution in [3.63, 3.8) is 0 Å². The Morgan fingerprint density at radius 2 is 1.50 bits per heavy atom. The molecule has 26 heavy (non-hydrogen) atoms. The fourth-order valence-electron chi connectivity index (χ4n) is 3.74. The second-order valence-electron chi connectivity index (χ2n) is 6.48. The van der Waals surface area contributed by atoms with Gasteiger partial charge in [-0.05, 0) is 41.8 Å². The van der Waals surface area contributed by atoms with Crippen LogP contribution in [0.5, 0.6) is 0 Å². The highest BCUT2D eigenvalue weighted by atomic mass is 15.1. The smallest absolute Gasteiger partial charge is 0.150 e. The standard InChI is InChI=1S/C22H14N4/c1-3-7-18-15(5-1)11-12-25(18)20-10-9-17-14-23-21-13-16-6-2-4-8-19(16)26(21)22(17)24-20/h1-14H. The zero-order valence-electron chi connectivity index (χ0n) is 13.9. The molecule has 4 nitrogen and oxygen atoms in total. The average Bonchev–Trinajstić information content (AvgIpc) is 3.29. The van der Waals surface area contributed by atoms with Crippen molar-refractivity contribution >= 4 is 38.5 Å². The summed E-state index contributed by atoms with van der Waals surface area (Å²) in [6.07, 6.45) is 3.97. The van der Waals surface area contributed by atoms with Gasteiger partial charge in [-0.3, -0.25) is 4.40 Å². The van der Waals surface area contributed by atoms with E-state index in [2.05, 4.69) is 86.9 Å². The zero-order chi connectivity index (χ0) is 17.1. The van der Waals surface area contributed by atoms with Gasteiger partial charge in [0.15, 0.2) is 0 Å². The molecule has 6 rings (SSSR count). The van der Waals surface area contributed by atoms with E-state index in [0.717, 1.165) is 33.5 Å². The third kappa shape index (κ3) is 1.78. The molecule has 2 aromatic carbocycles. The molecule has 0 fully saturated rings. The van der Waals surface area contributed by atoms with Crippen molar-refractivity contribution < 1.29 is 0 Å². The largest absolute Gasteiger partial charge is 0.301 e. The predicted octanol–water partition coefficient (Wildman–Crippen LogP) is 4.98. The van der Waals surface area contributed by atoms with Gasteiger partial charge in [0, 0.05) is 23.2 Å². The summed E-state index contributed by atoms with van der Waals surface area (Å²) in [6, 6.07) is 25.0. The van der Waals surface area contributed by atoms with E-state index in [9.17, 15) is 0 Å². The molecule has 6 aromatic rings. The molecule has 0 aliphatic heterocycles. The molecule has 0 spiro atoms. The third-order valence-corrected chi connectivity index (χ3v) is 4.98. The summed E-state index contributed by atoms with van der Waals surface area (Å²) >= 11 is 0. The second kappa shape index (κ2) is 4.92. The molecular weight excluding hydrogens is 320 g/mol. The minimum Gasteiger partial charge on any atom is -0.301 e. The van der Waals surface area contributed by atoms with Crippen LogP contribution < -0.4 is 0 Å². The second-order valence-corrected chi connectivity index (χ2v) is 6.48. The van der Waals surface area contributed by atoms with Gasteiger partial charge in [0.1, 0.15) is 17.1 Å². The minimum absolute atomic E-state index is 0.906. The van der Waals surface area contributed by atoms with E-state index in [-0.39, 0.29) is 0 Å². The Morgan fingerprint density at radius 1 is 0.692 bits per heavy atom. The van der Waals surface area contributed by atoms with Crippen LogP contribution in [0.4, 0.5) is 0 Å². The number of hydrogen-bond acceptors (Lipinski definition) is 2. The highest BCUT2D eigenvalue weighted by molar-refractivity contribution is 5.92. The van der Waals surface area contributed by atoms with Crippen molar-refractivity contribution in [3.05, 3.63) is 85.2 Å². The number of pyridine rings is 1. The maximum Gasteiger partial charge on any atom is 0.150 e. The monoisotopic (exact) mass is 334 g/mol. The van der Waals surface area contributed by atoms with E-state index in [1.54, 1.807) is 0 Å². The van der Waals surface area contributed by atoms with Crippen LogP contribution in [-0.4, -0.2) is 18.9 Å². The van der Waals surface area contributed by atoms with Crippen LogP contribution in [0.2, 0.25) is 0 Å². The molecule has 0 saturated heterocycles. The van der Waals surface area contributed by atoms with Crippen molar-refractivity contribution in [2.45, 2.75) is 0 Å². The van der Waals surface area contributed by atoms with Crippen LogP contribution in [0.1, 0.15) is 0 Å². The lowest BCUT2D eigenvalue weighted by atomic mass is 10.2. The average molecular weight is 334 g/mol. The minimum atomic E-state index is 0.906. The van der Waals surface area contributed by atoms with Crippen LogP contribution in [0.25, 0.3) is 44.3 Å². The van der Waals surface area contributed by atoms with Crippen molar-refractivity contribution in [1.82, 2.24) is 18.9 Å². The normalized spacial score (nSPS) is 11.8. The van der Waals surface area contributed by atoms with E-state index in [4.69, 9.17) is 4.98 Å². The lowest BCUT2D eigenvalue weighted by Gasteiger charge is -2.08. The summed E-state index contributed by atoms with van der Waals surface area (Å²) in [5.41, 5.74) is 4.12. The predicted molar refractivity (Wildman–Crippen MR) is 105 cm³/mol. The van der Waals surface area contributed by atoms with Crippen molar-refractivity contribution in [2.75, 3.05) is 0 Å². The van der Waals surface area contributed by atoms with Gasteiger partial charge in [-0.15, -0.1) is 0 Å². The van der Waals surface area contributed by atoms with Crippen molar-refractivity contribution in [3.8, 4) is 5.82 Å². The van der Waals surface area contributed by atoms with Gasteiger partial charge in [-0.25, -0.2) is 9.97 Å². The summed E-state index contributed by atoms with van der Waals surface area (Å²) in [6.45, 7) is 0. The summed E-state index contributed by atoms with van der Waals surface area (Å²) in [5, 5.41) is 3.41. The molecule has 0 aliphatic carbocycles. The van der Waals surface area contributed by atoms with Gasteiger partial charge in [0.05, 0.1) is 11.0 Å². The Labute approximate surface area is 149 Å². The van der Waals surface area contributed by atoms with Gasteiger partial charge in [-0.1, -0.05) is 36.4 Å². The van der Waals surface area contributed by atoms with E-state index in [1.807, 2.05) is 12.3 Å². The van der Waals surface area contributed by atoms with Crippen LogP contribution >= 0.6 is 0 Å². The SMILES string of the molecule is c1ccc2c(c1)ccn2-c1ccc2cnc3cc4ccccc4n3c2n1. The van der Waals surface area contributed by atoms with E-state index in [0.29, 0.717) is 0 Å². The number of rotatable bonds is 1. The fourth-order valence-corrected chi connectivity index (χ4v) is 3.74.